The highest BCUT2D eigenvalue weighted by Crippen LogP contribution is 2.31. The van der Waals surface area contributed by atoms with Crippen LogP contribution in [0.1, 0.15) is 24.8 Å². The van der Waals surface area contributed by atoms with Gasteiger partial charge in [0.25, 0.3) is 0 Å². The number of nitrogens with zero attached hydrogens (tertiary/aromatic N) is 1. The third kappa shape index (κ3) is 3.86. The van der Waals surface area contributed by atoms with Crippen LogP contribution in [0.3, 0.4) is 0 Å². The smallest absolute Gasteiger partial charge is 0.230 e. The molecule has 1 aliphatic heterocycles. The summed E-state index contributed by atoms with van der Waals surface area (Å²) in [7, 11) is 0. The molecular weight excluding hydrogens is 286 g/mol. The number of halogens is 1. The Bertz CT molecular complexity index is 480. The van der Waals surface area contributed by atoms with Gasteiger partial charge in [0.2, 0.25) is 5.91 Å². The van der Waals surface area contributed by atoms with Crippen molar-refractivity contribution >= 4 is 17.5 Å². The summed E-state index contributed by atoms with van der Waals surface area (Å²) in [6.45, 7) is 8.54. The maximum absolute atomic E-state index is 12.9. The average molecular weight is 308 g/mol. The van der Waals surface area contributed by atoms with Crippen LogP contribution < -0.4 is 0 Å². The first-order valence-corrected chi connectivity index (χ1v) is 7.79. The molecule has 1 aliphatic rings. The fourth-order valence-electron chi connectivity index (χ4n) is 2.76. The van der Waals surface area contributed by atoms with E-state index >= 15 is 0 Å². The minimum absolute atomic E-state index is 0.126. The van der Waals surface area contributed by atoms with E-state index in [2.05, 4.69) is 13.5 Å². The maximum atomic E-state index is 12.9. The largest absolute Gasteiger partial charge is 0.378 e. The number of hydrogen-bond donors (Lipinski definition) is 0. The Labute approximate surface area is 131 Å². The van der Waals surface area contributed by atoms with E-state index in [4.69, 9.17) is 16.3 Å². The number of morpholine rings is 1. The molecule has 3 nitrogen and oxygen atoms in total. The van der Waals surface area contributed by atoms with Crippen molar-refractivity contribution in [1.29, 1.82) is 0 Å². The highest BCUT2D eigenvalue weighted by molar-refractivity contribution is 6.30. The van der Waals surface area contributed by atoms with E-state index in [0.717, 1.165) is 12.0 Å². The lowest BCUT2D eigenvalue weighted by Gasteiger charge is -2.33. The lowest BCUT2D eigenvalue weighted by molar-refractivity contribution is -0.137. The molecule has 2 rings (SSSR count). The molecule has 1 aromatic rings. The lowest BCUT2D eigenvalue weighted by atomic mass is 9.83. The second kappa shape index (κ2) is 7.62. The molecule has 2 atom stereocenters. The number of carbonyl (C=O) groups is 1. The molecule has 114 valence electrons. The summed E-state index contributed by atoms with van der Waals surface area (Å²) in [5.74, 6) is 0.0942. The minimum atomic E-state index is -0.192. The molecule has 0 aliphatic carbocycles. The molecule has 0 N–H and O–H groups in total. The summed E-state index contributed by atoms with van der Waals surface area (Å²) in [5.41, 5.74) is 1.00. The van der Waals surface area contributed by atoms with Crippen LogP contribution in [-0.4, -0.2) is 37.1 Å². The van der Waals surface area contributed by atoms with Gasteiger partial charge in [0.05, 0.1) is 19.1 Å². The minimum Gasteiger partial charge on any atom is -0.378 e. The molecule has 0 unspecified atom stereocenters. The molecule has 21 heavy (non-hydrogen) atoms. The zero-order valence-electron chi connectivity index (χ0n) is 12.4. The van der Waals surface area contributed by atoms with E-state index in [1.165, 1.54) is 0 Å². The summed E-state index contributed by atoms with van der Waals surface area (Å²) in [4.78, 5) is 14.8. The van der Waals surface area contributed by atoms with Gasteiger partial charge in [-0.1, -0.05) is 36.7 Å². The quantitative estimate of drug-likeness (QED) is 0.779. The highest BCUT2D eigenvalue weighted by atomic mass is 35.5. The van der Waals surface area contributed by atoms with Gasteiger partial charge in [-0.2, -0.15) is 0 Å². The Morgan fingerprint density at radius 2 is 2.00 bits per heavy atom. The lowest BCUT2D eigenvalue weighted by Crippen LogP contribution is -2.44. The molecule has 0 aromatic heterocycles. The molecule has 0 radical (unpaired) electrons. The van der Waals surface area contributed by atoms with Crippen molar-refractivity contribution in [2.45, 2.75) is 19.3 Å². The van der Waals surface area contributed by atoms with Crippen LogP contribution in [0.2, 0.25) is 5.02 Å². The fraction of sp³-hybridized carbons (Fsp3) is 0.471. The summed E-state index contributed by atoms with van der Waals surface area (Å²) in [6.07, 6.45) is 2.77. The van der Waals surface area contributed by atoms with Crippen LogP contribution in [0, 0.1) is 5.92 Å². The van der Waals surface area contributed by atoms with Crippen molar-refractivity contribution in [3.05, 3.63) is 47.5 Å². The number of ether oxygens (including phenoxy) is 1. The average Bonchev–Trinajstić information content (AvgIpc) is 2.54. The summed E-state index contributed by atoms with van der Waals surface area (Å²) >= 11 is 5.96. The monoisotopic (exact) mass is 307 g/mol. The van der Waals surface area contributed by atoms with Gasteiger partial charge in [-0.05, 0) is 30.0 Å². The normalized spacial score (nSPS) is 18.1. The molecule has 1 saturated heterocycles. The zero-order chi connectivity index (χ0) is 15.2. The first kappa shape index (κ1) is 16.1. The van der Waals surface area contributed by atoms with E-state index < -0.39 is 0 Å². The molecule has 1 amide bonds. The number of rotatable bonds is 5. The summed E-state index contributed by atoms with van der Waals surface area (Å²) in [6, 6.07) is 7.56. The SMILES string of the molecule is C=C[C@H](CC)[C@H](C(=O)N1CCOCC1)c1ccc(Cl)cc1. The number of allylic oxidation sites excluding steroid dienone is 1. The molecule has 0 saturated carbocycles. The van der Waals surface area contributed by atoms with Crippen molar-refractivity contribution in [3.8, 4) is 0 Å². The Hall–Kier alpha value is -1.32. The number of benzene rings is 1. The van der Waals surface area contributed by atoms with Crippen LogP contribution in [0.15, 0.2) is 36.9 Å². The van der Waals surface area contributed by atoms with E-state index in [1.807, 2.05) is 35.2 Å². The van der Waals surface area contributed by atoms with Crippen molar-refractivity contribution < 1.29 is 9.53 Å². The Kier molecular flexibility index (Phi) is 5.83. The van der Waals surface area contributed by atoms with E-state index in [9.17, 15) is 4.79 Å². The summed E-state index contributed by atoms with van der Waals surface area (Å²) < 4.78 is 5.33. The molecule has 0 spiro atoms. The second-order valence-corrected chi connectivity index (χ2v) is 5.71. The molecule has 1 fully saturated rings. The van der Waals surface area contributed by atoms with Crippen LogP contribution >= 0.6 is 11.6 Å². The van der Waals surface area contributed by atoms with Gasteiger partial charge in [0, 0.05) is 18.1 Å². The first-order valence-electron chi connectivity index (χ1n) is 7.42. The molecule has 0 bridgehead atoms. The van der Waals surface area contributed by atoms with Gasteiger partial charge in [-0.3, -0.25) is 4.79 Å². The van der Waals surface area contributed by atoms with Gasteiger partial charge >= 0.3 is 0 Å². The standard InChI is InChI=1S/C17H22ClNO2/c1-3-13(4-2)16(14-5-7-15(18)8-6-14)17(20)19-9-11-21-12-10-19/h3,5-8,13,16H,1,4,9-12H2,2H3/t13-,16+/m1/s1. The Morgan fingerprint density at radius 1 is 1.38 bits per heavy atom. The molecule has 1 heterocycles. The first-order chi connectivity index (χ1) is 10.2. The van der Waals surface area contributed by atoms with Gasteiger partial charge in [-0.25, -0.2) is 0 Å². The van der Waals surface area contributed by atoms with Gasteiger partial charge in [-0.15, -0.1) is 6.58 Å². The van der Waals surface area contributed by atoms with Crippen LogP contribution in [0.5, 0.6) is 0 Å². The number of carbonyl (C=O) groups excluding carboxylic acids is 1. The van der Waals surface area contributed by atoms with Crippen molar-refractivity contribution in [2.75, 3.05) is 26.3 Å². The van der Waals surface area contributed by atoms with E-state index in [-0.39, 0.29) is 17.7 Å². The van der Waals surface area contributed by atoms with Gasteiger partial charge in [0.15, 0.2) is 0 Å². The van der Waals surface area contributed by atoms with Gasteiger partial charge in [0.1, 0.15) is 0 Å². The van der Waals surface area contributed by atoms with E-state index in [1.54, 1.807) is 0 Å². The number of hydrogen-bond acceptors (Lipinski definition) is 2. The van der Waals surface area contributed by atoms with Crippen molar-refractivity contribution in [2.24, 2.45) is 5.92 Å². The number of amides is 1. The molecule has 1 aromatic carbocycles. The summed E-state index contributed by atoms with van der Waals surface area (Å²) in [5, 5.41) is 0.683. The van der Waals surface area contributed by atoms with Crippen LogP contribution in [0.25, 0.3) is 0 Å². The zero-order valence-corrected chi connectivity index (χ0v) is 13.2. The molecule has 4 heteroatoms. The Morgan fingerprint density at radius 3 is 2.52 bits per heavy atom. The Balaban J connectivity index is 2.28. The molecular formula is C17H22ClNO2. The topological polar surface area (TPSA) is 29.5 Å². The third-order valence-electron chi connectivity index (χ3n) is 4.02. The fourth-order valence-corrected chi connectivity index (χ4v) is 2.89. The third-order valence-corrected chi connectivity index (χ3v) is 4.27. The van der Waals surface area contributed by atoms with Crippen molar-refractivity contribution in [1.82, 2.24) is 4.90 Å². The van der Waals surface area contributed by atoms with E-state index in [0.29, 0.717) is 31.3 Å². The predicted octanol–water partition coefficient (Wildman–Crippen LogP) is 3.49. The van der Waals surface area contributed by atoms with Gasteiger partial charge < -0.3 is 9.64 Å². The predicted molar refractivity (Wildman–Crippen MR) is 85.6 cm³/mol. The second-order valence-electron chi connectivity index (χ2n) is 5.27. The maximum Gasteiger partial charge on any atom is 0.230 e. The van der Waals surface area contributed by atoms with Crippen molar-refractivity contribution in [3.63, 3.8) is 0 Å². The highest BCUT2D eigenvalue weighted by Gasteiger charge is 2.31. The van der Waals surface area contributed by atoms with Crippen LogP contribution in [-0.2, 0) is 9.53 Å². The van der Waals surface area contributed by atoms with Crippen LogP contribution in [0.4, 0.5) is 0 Å².